The lowest BCUT2D eigenvalue weighted by molar-refractivity contribution is -0.127. The van der Waals surface area contributed by atoms with Crippen LogP contribution in [0.25, 0.3) is 5.69 Å². The molecule has 0 saturated carbocycles. The average molecular weight is 344 g/mol. The van der Waals surface area contributed by atoms with E-state index in [4.69, 9.17) is 0 Å². The fourth-order valence-electron chi connectivity index (χ4n) is 2.33. The van der Waals surface area contributed by atoms with E-state index in [-0.39, 0.29) is 18.7 Å². The molecule has 2 bridgehead atoms. The Labute approximate surface area is 142 Å². The third kappa shape index (κ3) is 3.63. The summed E-state index contributed by atoms with van der Waals surface area (Å²) < 4.78 is 1.41. The Kier molecular flexibility index (Phi) is 4.70. The van der Waals surface area contributed by atoms with Gasteiger partial charge in [-0.3, -0.25) is 14.4 Å². The molecule has 1 aromatic heterocycles. The topological polar surface area (TPSA) is 138 Å². The van der Waals surface area contributed by atoms with Crippen molar-refractivity contribution in [2.24, 2.45) is 0 Å². The molecule has 10 nitrogen and oxygen atoms in total. The third-order valence-electron chi connectivity index (χ3n) is 3.63. The van der Waals surface area contributed by atoms with Gasteiger partial charge in [-0.05, 0) is 12.1 Å². The van der Waals surface area contributed by atoms with Crippen LogP contribution in [-0.2, 0) is 16.1 Å². The number of aliphatic hydroxyl groups excluding tert-OH is 1. The van der Waals surface area contributed by atoms with Gasteiger partial charge in [-0.25, -0.2) is 4.68 Å². The quantitative estimate of drug-likeness (QED) is 0.477. The molecule has 130 valence electrons. The van der Waals surface area contributed by atoms with Crippen LogP contribution in [0, 0.1) is 0 Å². The fraction of sp³-hybridized carbons (Fsp3) is 0.267. The number of benzene rings is 1. The number of rotatable bonds is 1. The molecule has 0 unspecified atom stereocenters. The molecule has 3 amide bonds. The summed E-state index contributed by atoms with van der Waals surface area (Å²) in [7, 11) is 0. The maximum atomic E-state index is 12.5. The van der Waals surface area contributed by atoms with Gasteiger partial charge < -0.3 is 21.1 Å². The van der Waals surface area contributed by atoms with Gasteiger partial charge in [0.25, 0.3) is 5.91 Å². The number of nitrogens with one attached hydrogen (secondary N) is 3. The van der Waals surface area contributed by atoms with Gasteiger partial charge in [-0.1, -0.05) is 17.3 Å². The molecule has 0 radical (unpaired) electrons. The second-order valence-corrected chi connectivity index (χ2v) is 5.37. The highest BCUT2D eigenvalue weighted by molar-refractivity contribution is 6.00. The molecule has 1 aromatic carbocycles. The van der Waals surface area contributed by atoms with Crippen LogP contribution < -0.4 is 16.0 Å². The van der Waals surface area contributed by atoms with E-state index in [9.17, 15) is 19.5 Å². The van der Waals surface area contributed by atoms with Crippen molar-refractivity contribution in [2.75, 3.05) is 13.2 Å². The van der Waals surface area contributed by atoms with Crippen molar-refractivity contribution in [3.8, 4) is 5.69 Å². The van der Waals surface area contributed by atoms with Gasteiger partial charge in [0, 0.05) is 0 Å². The summed E-state index contributed by atoms with van der Waals surface area (Å²) in [5, 5.41) is 24.7. The molecule has 1 aliphatic rings. The molecular formula is C15H16N6O4. The molecule has 4 N–H and O–H groups in total. The van der Waals surface area contributed by atoms with E-state index in [1.807, 2.05) is 0 Å². The minimum atomic E-state index is -1.18. The van der Waals surface area contributed by atoms with Gasteiger partial charge in [-0.15, -0.1) is 5.10 Å². The normalized spacial score (nSPS) is 18.4. The summed E-state index contributed by atoms with van der Waals surface area (Å²) in [6, 6.07) is 5.47. The molecule has 1 aliphatic heterocycles. The van der Waals surface area contributed by atoms with Crippen molar-refractivity contribution in [3.63, 3.8) is 0 Å². The first-order chi connectivity index (χ1) is 12.1. The zero-order chi connectivity index (χ0) is 17.8. The minimum absolute atomic E-state index is 0.131. The van der Waals surface area contributed by atoms with Crippen LogP contribution in [0.3, 0.4) is 0 Å². The summed E-state index contributed by atoms with van der Waals surface area (Å²) in [6.45, 7) is -0.753. The monoisotopic (exact) mass is 344 g/mol. The van der Waals surface area contributed by atoms with Gasteiger partial charge in [0.2, 0.25) is 11.8 Å². The number of carbonyl (C=O) groups is 3. The summed E-state index contributed by atoms with van der Waals surface area (Å²) in [4.78, 5) is 36.3. The molecular weight excluding hydrogens is 328 g/mol. The Balaban J connectivity index is 2.00. The van der Waals surface area contributed by atoms with Gasteiger partial charge in [-0.2, -0.15) is 0 Å². The molecule has 2 aromatic rings. The second-order valence-electron chi connectivity index (χ2n) is 5.37. The summed E-state index contributed by atoms with van der Waals surface area (Å²) in [6.07, 6.45) is 1.60. The van der Waals surface area contributed by atoms with E-state index in [0.29, 0.717) is 11.4 Å². The van der Waals surface area contributed by atoms with Crippen LogP contribution in [0.5, 0.6) is 0 Å². The largest absolute Gasteiger partial charge is 0.394 e. The van der Waals surface area contributed by atoms with Gasteiger partial charge in [0.05, 0.1) is 37.1 Å². The van der Waals surface area contributed by atoms with Gasteiger partial charge >= 0.3 is 0 Å². The lowest BCUT2D eigenvalue weighted by atomic mass is 10.1. The Bertz CT molecular complexity index is 818. The van der Waals surface area contributed by atoms with E-state index in [1.54, 1.807) is 30.5 Å². The minimum Gasteiger partial charge on any atom is -0.394 e. The SMILES string of the molecule is O=C1CNC(=O)[C@H](CO)NC(=O)c2ccccc2-n2cc(nn2)CN1. The van der Waals surface area contributed by atoms with E-state index >= 15 is 0 Å². The standard InChI is InChI=1S/C15H16N6O4/c22-8-11-15(25)17-6-13(23)16-5-9-7-21(20-19-9)12-4-2-1-3-10(12)14(24)18-11/h1-4,7,11,22H,5-6,8H2,(H,16,23)(H,17,25)(H,18,24)/t11-/m0/s1. The number of fused-ring (bicyclic) bond motifs is 4. The average Bonchev–Trinajstić information content (AvgIpc) is 3.10. The van der Waals surface area contributed by atoms with Gasteiger partial charge in [0.1, 0.15) is 11.7 Å². The van der Waals surface area contributed by atoms with Crippen molar-refractivity contribution < 1.29 is 19.5 Å². The molecule has 10 heteroatoms. The molecule has 1 atom stereocenters. The number of para-hydroxylation sites is 1. The van der Waals surface area contributed by atoms with Crippen LogP contribution in [0.2, 0.25) is 0 Å². The summed E-state index contributed by atoms with van der Waals surface area (Å²) >= 11 is 0. The fourth-order valence-corrected chi connectivity index (χ4v) is 2.33. The number of aromatic nitrogens is 3. The number of hydrogen-bond acceptors (Lipinski definition) is 6. The molecule has 0 spiro atoms. The van der Waals surface area contributed by atoms with Crippen LogP contribution >= 0.6 is 0 Å². The van der Waals surface area contributed by atoms with Crippen molar-refractivity contribution in [3.05, 3.63) is 41.7 Å². The van der Waals surface area contributed by atoms with E-state index in [1.165, 1.54) is 4.68 Å². The lowest BCUT2D eigenvalue weighted by Crippen LogP contribution is -2.50. The number of aliphatic hydroxyl groups is 1. The molecule has 0 fully saturated rings. The Morgan fingerprint density at radius 1 is 1.16 bits per heavy atom. The zero-order valence-corrected chi connectivity index (χ0v) is 13.1. The lowest BCUT2D eigenvalue weighted by Gasteiger charge is -2.17. The predicted molar refractivity (Wildman–Crippen MR) is 84.6 cm³/mol. The second kappa shape index (κ2) is 7.09. The van der Waals surface area contributed by atoms with Crippen LogP contribution in [0.4, 0.5) is 0 Å². The van der Waals surface area contributed by atoms with E-state index in [2.05, 4.69) is 26.3 Å². The van der Waals surface area contributed by atoms with Crippen molar-refractivity contribution in [1.29, 1.82) is 0 Å². The first-order valence-corrected chi connectivity index (χ1v) is 7.55. The van der Waals surface area contributed by atoms with E-state index in [0.717, 1.165) is 0 Å². The van der Waals surface area contributed by atoms with Crippen molar-refractivity contribution >= 4 is 17.7 Å². The number of carbonyl (C=O) groups excluding carboxylic acids is 3. The molecule has 0 saturated heterocycles. The van der Waals surface area contributed by atoms with Crippen LogP contribution in [0.15, 0.2) is 30.5 Å². The summed E-state index contributed by atoms with van der Waals surface area (Å²) in [5.74, 6) is -1.64. The maximum Gasteiger partial charge on any atom is 0.254 e. The maximum absolute atomic E-state index is 12.5. The van der Waals surface area contributed by atoms with Crippen molar-refractivity contribution in [1.82, 2.24) is 30.9 Å². The highest BCUT2D eigenvalue weighted by Crippen LogP contribution is 2.14. The molecule has 2 heterocycles. The highest BCUT2D eigenvalue weighted by atomic mass is 16.3. The smallest absolute Gasteiger partial charge is 0.254 e. The molecule has 3 rings (SSSR count). The number of amides is 3. The molecule has 0 aliphatic carbocycles. The Morgan fingerprint density at radius 3 is 2.76 bits per heavy atom. The Morgan fingerprint density at radius 2 is 1.96 bits per heavy atom. The highest BCUT2D eigenvalue weighted by Gasteiger charge is 2.23. The Hall–Kier alpha value is -3.27. The first kappa shape index (κ1) is 16.6. The van der Waals surface area contributed by atoms with Crippen LogP contribution in [0.1, 0.15) is 16.1 Å². The van der Waals surface area contributed by atoms with E-state index < -0.39 is 30.4 Å². The van der Waals surface area contributed by atoms with Gasteiger partial charge in [0.15, 0.2) is 0 Å². The van der Waals surface area contributed by atoms with Crippen molar-refractivity contribution in [2.45, 2.75) is 12.6 Å². The zero-order valence-electron chi connectivity index (χ0n) is 13.1. The first-order valence-electron chi connectivity index (χ1n) is 7.55. The predicted octanol–water partition coefficient (Wildman–Crippen LogP) is -1.90. The third-order valence-corrected chi connectivity index (χ3v) is 3.63. The molecule has 25 heavy (non-hydrogen) atoms. The summed E-state index contributed by atoms with van der Waals surface area (Å²) in [5.41, 5.74) is 1.23. The van der Waals surface area contributed by atoms with Crippen LogP contribution in [-0.4, -0.2) is 57.0 Å². The number of nitrogens with zero attached hydrogens (tertiary/aromatic N) is 3. The number of hydrogen-bond donors (Lipinski definition) is 4.